The van der Waals surface area contributed by atoms with Crippen LogP contribution in [0.2, 0.25) is 38.5 Å². The molecule has 42 heavy (non-hydrogen) atoms. The number of rotatable bonds is 2. The van der Waals surface area contributed by atoms with Crippen LogP contribution in [0.5, 0.6) is 0 Å². The summed E-state index contributed by atoms with van der Waals surface area (Å²) in [7, 11) is -0.101. The van der Waals surface area contributed by atoms with Crippen LogP contribution in [0.25, 0.3) is 43.1 Å². The second kappa shape index (κ2) is 3.15. The third kappa shape index (κ3) is 0.552. The van der Waals surface area contributed by atoms with Gasteiger partial charge in [-0.15, -0.1) is 0 Å². The summed E-state index contributed by atoms with van der Waals surface area (Å²) in [5.74, 6) is 0. The summed E-state index contributed by atoms with van der Waals surface area (Å²) < 4.78 is 1.43. The fourth-order valence-electron chi connectivity index (χ4n) is 23.7. The number of hydrogen-bond acceptors (Lipinski definition) is 0. The van der Waals surface area contributed by atoms with Crippen molar-refractivity contribution in [1.82, 2.24) is 0 Å². The van der Waals surface area contributed by atoms with Gasteiger partial charge < -0.3 is 0 Å². The summed E-state index contributed by atoms with van der Waals surface area (Å²) in [5, 5.41) is 12.9. The molecule has 2 heteroatoms. The van der Waals surface area contributed by atoms with Crippen LogP contribution >= 0.6 is 7.92 Å². The second-order valence-electron chi connectivity index (χ2n) is 20.4. The molecule has 10 saturated heterocycles. The molecule has 5 aromatic rings. The zero-order valence-electron chi connectivity index (χ0n) is 25.4. The van der Waals surface area contributed by atoms with Gasteiger partial charge in [-0.05, 0) is 0 Å². The van der Waals surface area contributed by atoms with Crippen molar-refractivity contribution in [2.45, 2.75) is 98.8 Å². The first kappa shape index (κ1) is 20.9. The van der Waals surface area contributed by atoms with Crippen LogP contribution in [-0.4, -0.2) is 14.4 Å². The van der Waals surface area contributed by atoms with Gasteiger partial charge in [0.15, 0.2) is 0 Å². The van der Waals surface area contributed by atoms with Gasteiger partial charge in [0.25, 0.3) is 0 Å². The summed E-state index contributed by atoms with van der Waals surface area (Å²) >= 11 is 0. The van der Waals surface area contributed by atoms with Gasteiger partial charge in [0.05, 0.1) is 0 Å². The number of hydrogen-bond donors (Lipinski definition) is 0. The van der Waals surface area contributed by atoms with Crippen molar-refractivity contribution >= 4 is 51.0 Å². The van der Waals surface area contributed by atoms with Crippen LogP contribution in [0.3, 0.4) is 0 Å². The van der Waals surface area contributed by atoms with Gasteiger partial charge in [-0.3, -0.25) is 0 Å². The second-order valence-corrected chi connectivity index (χ2v) is 48.1. The predicted molar refractivity (Wildman–Crippen MR) is 177 cm³/mol. The Labute approximate surface area is 239 Å². The topological polar surface area (TPSA) is 0 Å². The van der Waals surface area contributed by atoms with Crippen molar-refractivity contribution in [3.8, 4) is 0 Å². The Morgan fingerprint density at radius 2 is 1.07 bits per heavy atom. The number of fused-ring (bicyclic) bond motifs is 15. The summed E-state index contributed by atoms with van der Waals surface area (Å²) in [6.45, 7) is 12.2. The van der Waals surface area contributed by atoms with E-state index in [1.54, 1.807) is 16.2 Å². The SMILES string of the molecule is CC(C)(C)P(C(C)(C)C)[C]12[CH]3[CH]4[CH]5[C]1(c1c6ccccc6cc6c1ccc1cc7ccccc7cc16)[Fe]45321678[CH]2[CH]1[CH]6[CH]7[CH]28. The Balaban J connectivity index is 1.17. The van der Waals surface area contributed by atoms with Crippen molar-refractivity contribution in [1.29, 1.82) is 0 Å². The van der Waals surface area contributed by atoms with Crippen LogP contribution in [0.1, 0.15) is 47.1 Å². The quantitative estimate of drug-likeness (QED) is 0.0812. The molecule has 0 aromatic heterocycles. The average molecular weight is 607 g/mol. The van der Waals surface area contributed by atoms with Crippen molar-refractivity contribution < 1.29 is 6.51 Å². The first-order chi connectivity index (χ1) is 19.8. The maximum absolute atomic E-state index is 3.88. The monoisotopic (exact) mass is 606 g/mol. The summed E-state index contributed by atoms with van der Waals surface area (Å²) in [4.78, 5) is 10.2. The molecule has 0 amide bonds. The molecular formula is C40H39FeP. The summed E-state index contributed by atoms with van der Waals surface area (Å²) in [6, 6.07) is 31.4. The van der Waals surface area contributed by atoms with E-state index in [1.165, 1.54) is 65.5 Å². The van der Waals surface area contributed by atoms with Gasteiger partial charge in [0.2, 0.25) is 0 Å². The zero-order chi connectivity index (χ0) is 27.9. The van der Waals surface area contributed by atoms with E-state index in [0.29, 0.717) is 14.6 Å². The molecule has 0 aliphatic carbocycles. The normalized spacial score (nSPS) is 58.5. The molecule has 1 spiro atoms. The van der Waals surface area contributed by atoms with Crippen LogP contribution in [-0.2, 0) is 10.8 Å². The molecule has 10 aliphatic heterocycles. The van der Waals surface area contributed by atoms with E-state index in [9.17, 15) is 0 Å². The average Bonchev–Trinajstić information content (AvgIpc) is 3.89. The molecule has 10 heterocycles. The minimum absolute atomic E-state index is 0.101. The standard InChI is InChI=1S/C35H34P.C5H5.Fe/c1-34(2,3)36(35(4,5)6)32-17-11-16-29(32)33-27-15-10-9-14-25(27)22-31-28(33)19-18-26-20-23-12-7-8-13-24(23)21-30(26)31;1-2-4-5-3-1;/h7-22H,1-6H3;1-5H;. The van der Waals surface area contributed by atoms with Crippen LogP contribution < -0.4 is 0 Å². The Morgan fingerprint density at radius 3 is 1.67 bits per heavy atom. The molecule has 5 unspecified atom stereocenters. The Morgan fingerprint density at radius 1 is 0.524 bits per heavy atom. The van der Waals surface area contributed by atoms with Gasteiger partial charge in [0.1, 0.15) is 0 Å². The molecule has 15 rings (SSSR count). The third-order valence-corrected chi connectivity index (χ3v) is 72.3. The van der Waals surface area contributed by atoms with E-state index in [2.05, 4.69) is 120 Å². The first-order valence-corrected chi connectivity index (χ1v) is 24.2. The van der Waals surface area contributed by atoms with Crippen LogP contribution in [0, 0.1) is 0 Å². The van der Waals surface area contributed by atoms with E-state index in [0.717, 1.165) is 4.05 Å². The molecular weight excluding hydrogens is 567 g/mol. The van der Waals surface area contributed by atoms with Gasteiger partial charge in [-0.1, -0.05) is 0 Å². The fourth-order valence-corrected chi connectivity index (χ4v) is 117. The molecule has 10 aliphatic rings. The Bertz CT molecular complexity index is 2680. The van der Waals surface area contributed by atoms with Crippen molar-refractivity contribution in [2.75, 3.05) is 0 Å². The number of benzene rings is 5. The zero-order valence-corrected chi connectivity index (χ0v) is 27.4. The van der Waals surface area contributed by atoms with Gasteiger partial charge >= 0.3 is 241 Å². The van der Waals surface area contributed by atoms with Gasteiger partial charge in [0, 0.05) is 0 Å². The van der Waals surface area contributed by atoms with Crippen molar-refractivity contribution in [3.05, 3.63) is 84.4 Å². The van der Waals surface area contributed by atoms with E-state index in [-0.39, 0.29) is 7.92 Å². The molecule has 0 saturated carbocycles. The summed E-state index contributed by atoms with van der Waals surface area (Å²) in [6.07, 6.45) is 0. The molecule has 5 atom stereocenters. The Kier molecular flexibility index (Phi) is 1.57. The molecule has 0 N–H and O–H groups in total. The van der Waals surface area contributed by atoms with E-state index in [4.69, 9.17) is 0 Å². The van der Waals surface area contributed by atoms with Crippen LogP contribution in [0.4, 0.5) is 0 Å². The molecule has 0 bridgehead atoms. The maximum atomic E-state index is 2.68. The van der Waals surface area contributed by atoms with E-state index in [1.807, 2.05) is 5.56 Å². The minimum atomic E-state index is -3.88. The first-order valence-electron chi connectivity index (χ1n) is 16.6. The van der Waals surface area contributed by atoms with Gasteiger partial charge in [-0.2, -0.15) is 0 Å². The van der Waals surface area contributed by atoms with Crippen molar-refractivity contribution in [3.63, 3.8) is 0 Å². The van der Waals surface area contributed by atoms with Crippen molar-refractivity contribution in [2.24, 2.45) is 0 Å². The fraction of sp³-hybridized carbons (Fsp3) is 0.450. The molecule has 5 aromatic carbocycles. The van der Waals surface area contributed by atoms with Gasteiger partial charge in [-0.25, -0.2) is 0 Å². The molecule has 10 fully saturated rings. The summed E-state index contributed by atoms with van der Waals surface area (Å²) in [5.41, 5.74) is 1.95. The Hall–Kier alpha value is -1.91. The van der Waals surface area contributed by atoms with E-state index >= 15 is 0 Å². The molecule has 0 radical (unpaired) electrons. The molecule has 212 valence electrons. The molecule has 0 nitrogen and oxygen atoms in total. The van der Waals surface area contributed by atoms with Crippen LogP contribution in [0.15, 0.2) is 78.9 Å². The third-order valence-electron chi connectivity index (χ3n) is 21.5. The predicted octanol–water partition coefficient (Wildman–Crippen LogP) is 12.1. The van der Waals surface area contributed by atoms with E-state index < -0.39 is 6.51 Å².